The molecule has 0 spiro atoms. The third-order valence-corrected chi connectivity index (χ3v) is 5.06. The average Bonchev–Trinajstić information content (AvgIpc) is 2.81. The van der Waals surface area contributed by atoms with Crippen molar-refractivity contribution in [2.75, 3.05) is 5.32 Å². The molecule has 1 unspecified atom stereocenters. The van der Waals surface area contributed by atoms with Gasteiger partial charge in [-0.1, -0.05) is 65.7 Å². The maximum absolute atomic E-state index is 12.8. The summed E-state index contributed by atoms with van der Waals surface area (Å²) in [5, 5.41) is 21.2. The highest BCUT2D eigenvalue weighted by Crippen LogP contribution is 2.34. The molecule has 188 valence electrons. The van der Waals surface area contributed by atoms with E-state index in [1.165, 1.54) is 0 Å². The minimum absolute atomic E-state index is 0.177. The Kier molecular flexibility index (Phi) is 10.4. The third kappa shape index (κ3) is 8.35. The summed E-state index contributed by atoms with van der Waals surface area (Å²) in [4.78, 5) is 44.9. The van der Waals surface area contributed by atoms with E-state index in [9.17, 15) is 19.7 Å². The third-order valence-electron chi connectivity index (χ3n) is 4.42. The van der Waals surface area contributed by atoms with Crippen molar-refractivity contribution in [1.82, 2.24) is 0 Å². The van der Waals surface area contributed by atoms with Gasteiger partial charge in [-0.2, -0.15) is 0 Å². The van der Waals surface area contributed by atoms with Crippen molar-refractivity contribution in [3.8, 4) is 5.75 Å². The van der Waals surface area contributed by atoms with Crippen LogP contribution in [0.1, 0.15) is 22.8 Å². The Morgan fingerprint density at radius 2 is 1.64 bits per heavy atom. The van der Waals surface area contributed by atoms with Crippen LogP contribution in [0.4, 0.5) is 11.4 Å². The van der Waals surface area contributed by atoms with E-state index >= 15 is 0 Å². The van der Waals surface area contributed by atoms with Gasteiger partial charge in [-0.05, 0) is 30.2 Å². The molecule has 0 bridgehead atoms. The lowest BCUT2D eigenvalue weighted by Gasteiger charge is -2.15. The molecule has 10 nitrogen and oxygen atoms in total. The fraction of sp³-hybridized carbons (Fsp3) is 0.125. The summed E-state index contributed by atoms with van der Waals surface area (Å²) in [6, 6.07) is 16.4. The predicted octanol–water partition coefficient (Wildman–Crippen LogP) is 4.72. The zero-order valence-electron chi connectivity index (χ0n) is 18.8. The van der Waals surface area contributed by atoms with Crippen LogP contribution in [0, 0.1) is 10.1 Å². The SMILES string of the molecule is CC(=O)O.NC(Cc1ccccc1)C(=O)Oc1cc([N+](=O)[O-])c(Cl)cc1C(=O)Nc1ccccc1Cl. The Morgan fingerprint density at radius 3 is 2.22 bits per heavy atom. The summed E-state index contributed by atoms with van der Waals surface area (Å²) in [7, 11) is 0. The van der Waals surface area contributed by atoms with Crippen molar-refractivity contribution >= 4 is 52.4 Å². The Labute approximate surface area is 215 Å². The molecule has 0 radical (unpaired) electrons. The van der Waals surface area contributed by atoms with E-state index in [1.54, 1.807) is 48.5 Å². The number of carboxylic acid groups (broad SMARTS) is 1. The van der Waals surface area contributed by atoms with Gasteiger partial charge in [0.15, 0.2) is 5.75 Å². The van der Waals surface area contributed by atoms with Gasteiger partial charge >= 0.3 is 5.97 Å². The molecule has 0 heterocycles. The van der Waals surface area contributed by atoms with Crippen molar-refractivity contribution < 1.29 is 29.2 Å². The number of nitrogens with one attached hydrogen (secondary N) is 1. The fourth-order valence-electron chi connectivity index (χ4n) is 2.83. The number of esters is 1. The number of hydrogen-bond donors (Lipinski definition) is 3. The molecule has 0 aliphatic heterocycles. The van der Waals surface area contributed by atoms with E-state index < -0.39 is 34.5 Å². The van der Waals surface area contributed by atoms with E-state index in [-0.39, 0.29) is 27.8 Å². The second-order valence-electron chi connectivity index (χ2n) is 7.23. The molecule has 12 heteroatoms. The highest BCUT2D eigenvalue weighted by atomic mass is 35.5. The molecule has 3 aromatic carbocycles. The lowest BCUT2D eigenvalue weighted by atomic mass is 10.1. The Balaban J connectivity index is 0.00000106. The molecule has 0 aliphatic rings. The summed E-state index contributed by atoms with van der Waals surface area (Å²) in [6.07, 6.45) is 0.177. The zero-order chi connectivity index (χ0) is 26.8. The average molecular weight is 534 g/mol. The van der Waals surface area contributed by atoms with Gasteiger partial charge in [0.25, 0.3) is 17.6 Å². The highest BCUT2D eigenvalue weighted by Gasteiger charge is 2.26. The van der Waals surface area contributed by atoms with Crippen LogP contribution in [0.15, 0.2) is 66.7 Å². The van der Waals surface area contributed by atoms with Crippen LogP contribution in [0.3, 0.4) is 0 Å². The van der Waals surface area contributed by atoms with Gasteiger partial charge in [0, 0.05) is 6.92 Å². The quantitative estimate of drug-likeness (QED) is 0.170. The number of nitrogens with zero attached hydrogens (tertiary/aromatic N) is 1. The van der Waals surface area contributed by atoms with Gasteiger partial charge in [0.2, 0.25) is 0 Å². The number of carbonyl (C=O) groups excluding carboxylic acids is 2. The first-order valence-electron chi connectivity index (χ1n) is 10.2. The molecule has 1 amide bonds. The minimum Gasteiger partial charge on any atom is -0.481 e. The van der Waals surface area contributed by atoms with E-state index in [1.807, 2.05) is 6.07 Å². The van der Waals surface area contributed by atoms with E-state index in [0.717, 1.165) is 24.6 Å². The van der Waals surface area contributed by atoms with Crippen molar-refractivity contribution in [3.63, 3.8) is 0 Å². The number of aliphatic carboxylic acids is 1. The number of para-hydroxylation sites is 1. The number of benzene rings is 3. The summed E-state index contributed by atoms with van der Waals surface area (Å²) < 4.78 is 5.29. The fourth-order valence-corrected chi connectivity index (χ4v) is 3.25. The van der Waals surface area contributed by atoms with Crippen molar-refractivity contribution in [2.24, 2.45) is 5.73 Å². The molecule has 0 saturated heterocycles. The normalized spacial score (nSPS) is 10.9. The Morgan fingerprint density at radius 1 is 1.06 bits per heavy atom. The van der Waals surface area contributed by atoms with E-state index in [2.05, 4.69) is 5.32 Å². The molecule has 1 atom stereocenters. The summed E-state index contributed by atoms with van der Waals surface area (Å²) in [5.74, 6) is -2.77. The Hall–Kier alpha value is -3.99. The van der Waals surface area contributed by atoms with Gasteiger partial charge in [0.05, 0.1) is 27.3 Å². The number of hydrogen-bond acceptors (Lipinski definition) is 7. The first kappa shape index (κ1) is 28.2. The van der Waals surface area contributed by atoms with Gasteiger partial charge in [0.1, 0.15) is 11.1 Å². The lowest BCUT2D eigenvalue weighted by Crippen LogP contribution is -2.36. The molecule has 36 heavy (non-hydrogen) atoms. The maximum atomic E-state index is 12.8. The summed E-state index contributed by atoms with van der Waals surface area (Å²) in [5.41, 5.74) is 6.32. The van der Waals surface area contributed by atoms with Gasteiger partial charge in [-0.3, -0.25) is 19.7 Å². The molecular formula is C24H21Cl2N3O7. The number of carboxylic acids is 1. The lowest BCUT2D eigenvalue weighted by molar-refractivity contribution is -0.384. The van der Waals surface area contributed by atoms with Gasteiger partial charge in [-0.15, -0.1) is 0 Å². The number of anilines is 1. The maximum Gasteiger partial charge on any atom is 0.328 e. The molecule has 0 aromatic heterocycles. The second kappa shape index (κ2) is 13.2. The van der Waals surface area contributed by atoms with Gasteiger partial charge < -0.3 is 20.9 Å². The number of nitro benzene ring substituents is 1. The number of nitro groups is 1. The number of amides is 1. The largest absolute Gasteiger partial charge is 0.481 e. The first-order valence-corrected chi connectivity index (χ1v) is 11.0. The zero-order valence-corrected chi connectivity index (χ0v) is 20.3. The molecule has 0 fully saturated rings. The van der Waals surface area contributed by atoms with Crippen LogP contribution < -0.4 is 15.8 Å². The first-order chi connectivity index (χ1) is 17.0. The number of nitrogens with two attached hydrogens (primary N) is 1. The minimum atomic E-state index is -1.06. The number of ether oxygens (including phenoxy) is 1. The number of carbonyl (C=O) groups is 3. The van der Waals surface area contributed by atoms with Crippen LogP contribution in [-0.4, -0.2) is 33.9 Å². The smallest absolute Gasteiger partial charge is 0.328 e. The van der Waals surface area contributed by atoms with Crippen LogP contribution in [0.5, 0.6) is 5.75 Å². The highest BCUT2D eigenvalue weighted by molar-refractivity contribution is 6.34. The molecule has 0 saturated carbocycles. The molecule has 3 aromatic rings. The summed E-state index contributed by atoms with van der Waals surface area (Å²) >= 11 is 12.0. The van der Waals surface area contributed by atoms with Crippen LogP contribution in [0.2, 0.25) is 10.0 Å². The van der Waals surface area contributed by atoms with Gasteiger partial charge in [-0.25, -0.2) is 4.79 Å². The second-order valence-corrected chi connectivity index (χ2v) is 8.04. The van der Waals surface area contributed by atoms with Crippen LogP contribution >= 0.6 is 23.2 Å². The molecular weight excluding hydrogens is 513 g/mol. The monoisotopic (exact) mass is 533 g/mol. The van der Waals surface area contributed by atoms with E-state index in [0.29, 0.717) is 5.69 Å². The number of rotatable bonds is 7. The van der Waals surface area contributed by atoms with Crippen molar-refractivity contribution in [3.05, 3.63) is 98.0 Å². The van der Waals surface area contributed by atoms with Crippen LogP contribution in [0.25, 0.3) is 0 Å². The molecule has 3 rings (SSSR count). The van der Waals surface area contributed by atoms with Crippen molar-refractivity contribution in [1.29, 1.82) is 0 Å². The number of halogens is 2. The Bertz CT molecular complexity index is 1270. The van der Waals surface area contributed by atoms with Crippen LogP contribution in [-0.2, 0) is 16.0 Å². The predicted molar refractivity (Wildman–Crippen MR) is 135 cm³/mol. The van der Waals surface area contributed by atoms with Crippen molar-refractivity contribution in [2.45, 2.75) is 19.4 Å². The topological polar surface area (TPSA) is 162 Å². The standard InChI is InChI=1S/C22H17Cl2N3O5.C2H4O2/c23-15-8-4-5-9-18(15)26-21(28)14-11-16(24)19(27(30)31)12-20(14)32-22(29)17(25)10-13-6-2-1-3-7-13;1-2(3)4/h1-9,11-12,17H,10,25H2,(H,26,28);1H3,(H,3,4). The van der Waals surface area contributed by atoms with E-state index in [4.69, 9.17) is 43.6 Å². The summed E-state index contributed by atoms with van der Waals surface area (Å²) in [6.45, 7) is 1.08. The molecule has 0 aliphatic carbocycles. The molecule has 4 N–H and O–H groups in total.